The van der Waals surface area contributed by atoms with E-state index in [0.717, 1.165) is 18.4 Å². The number of hydrogen-bond donors (Lipinski definition) is 2. The lowest BCUT2D eigenvalue weighted by Gasteiger charge is -2.31. The first kappa shape index (κ1) is 27.8. The number of hydrogen-bond acceptors (Lipinski definition) is 6. The molecule has 2 aliphatic carbocycles. The van der Waals surface area contributed by atoms with Gasteiger partial charge in [-0.15, -0.1) is 6.58 Å². The molecule has 0 amide bonds. The molecule has 0 radical (unpaired) electrons. The summed E-state index contributed by atoms with van der Waals surface area (Å²) < 4.78 is 0. The lowest BCUT2D eigenvalue weighted by atomic mass is 9.76. The smallest absolute Gasteiger partial charge is 0.183 e. The summed E-state index contributed by atoms with van der Waals surface area (Å²) in [6, 6.07) is 9.55. The Morgan fingerprint density at radius 1 is 1.09 bits per heavy atom. The fourth-order valence-electron chi connectivity index (χ4n) is 3.94. The molecule has 1 saturated carbocycles. The number of carbonyl (C=O) groups is 4. The van der Waals surface area contributed by atoms with Crippen molar-refractivity contribution in [3.05, 3.63) is 96.7 Å². The van der Waals surface area contributed by atoms with Crippen LogP contribution in [-0.4, -0.2) is 46.1 Å². The molecule has 1 aromatic rings. The third kappa shape index (κ3) is 7.77. The van der Waals surface area contributed by atoms with Gasteiger partial charge < -0.3 is 15.0 Å². The van der Waals surface area contributed by atoms with E-state index in [9.17, 15) is 29.4 Å². The molecule has 1 aromatic carbocycles. The zero-order valence-corrected chi connectivity index (χ0v) is 19.8. The van der Waals surface area contributed by atoms with Crippen LogP contribution in [0.1, 0.15) is 37.7 Å². The SMILES string of the molecule is C=CC(C1=CC(=O)C=CC1=O)c1ccccc1.CCCC=CC=CC1CC(O)C(O)C(=O)C1C=O. The molecule has 6 nitrogen and oxygen atoms in total. The minimum atomic E-state index is -1.43. The van der Waals surface area contributed by atoms with Crippen LogP contribution in [0.4, 0.5) is 0 Å². The first-order valence-corrected chi connectivity index (χ1v) is 11.7. The van der Waals surface area contributed by atoms with Crippen molar-refractivity contribution in [3.8, 4) is 0 Å². The molecule has 0 bridgehead atoms. The summed E-state index contributed by atoms with van der Waals surface area (Å²) in [5.74, 6) is -2.27. The van der Waals surface area contributed by atoms with E-state index in [4.69, 9.17) is 0 Å². The van der Waals surface area contributed by atoms with E-state index >= 15 is 0 Å². The molecule has 0 heterocycles. The molecule has 5 unspecified atom stereocenters. The van der Waals surface area contributed by atoms with Crippen LogP contribution in [0.5, 0.6) is 0 Å². The summed E-state index contributed by atoms with van der Waals surface area (Å²) >= 11 is 0. The van der Waals surface area contributed by atoms with Gasteiger partial charge >= 0.3 is 0 Å². The second-order valence-corrected chi connectivity index (χ2v) is 8.40. The van der Waals surface area contributed by atoms with Crippen LogP contribution in [-0.2, 0) is 19.2 Å². The molecule has 2 N–H and O–H groups in total. The van der Waals surface area contributed by atoms with Crippen LogP contribution in [0.2, 0.25) is 0 Å². The van der Waals surface area contributed by atoms with Gasteiger partial charge in [-0.25, -0.2) is 0 Å². The van der Waals surface area contributed by atoms with Crippen LogP contribution >= 0.6 is 0 Å². The largest absolute Gasteiger partial charge is 0.390 e. The Morgan fingerprint density at radius 3 is 2.43 bits per heavy atom. The summed E-state index contributed by atoms with van der Waals surface area (Å²) in [6.07, 6.45) is 13.4. The van der Waals surface area contributed by atoms with E-state index < -0.39 is 23.9 Å². The van der Waals surface area contributed by atoms with Crippen molar-refractivity contribution in [3.63, 3.8) is 0 Å². The topological polar surface area (TPSA) is 109 Å². The molecular formula is C29H32O6. The Hall–Kier alpha value is -3.48. The highest BCUT2D eigenvalue weighted by Crippen LogP contribution is 2.29. The highest BCUT2D eigenvalue weighted by Gasteiger charge is 2.41. The number of aliphatic hydroxyl groups is 2. The fourth-order valence-corrected chi connectivity index (χ4v) is 3.94. The first-order chi connectivity index (χ1) is 16.8. The molecule has 5 atom stereocenters. The lowest BCUT2D eigenvalue weighted by Crippen LogP contribution is -2.47. The average molecular weight is 477 g/mol. The number of ketones is 3. The predicted molar refractivity (Wildman–Crippen MR) is 134 cm³/mol. The molecule has 184 valence electrons. The maximum atomic E-state index is 11.8. The summed E-state index contributed by atoms with van der Waals surface area (Å²) in [6.45, 7) is 5.82. The normalized spacial score (nSPS) is 25.2. The Bertz CT molecular complexity index is 1030. The third-order valence-corrected chi connectivity index (χ3v) is 5.88. The van der Waals surface area contributed by atoms with Crippen LogP contribution in [0, 0.1) is 11.8 Å². The molecule has 35 heavy (non-hydrogen) atoms. The number of allylic oxidation sites excluding steroid dienone is 9. The lowest BCUT2D eigenvalue weighted by molar-refractivity contribution is -0.146. The van der Waals surface area contributed by atoms with Gasteiger partial charge in [0.15, 0.2) is 17.3 Å². The second kappa shape index (κ2) is 14.0. The summed E-state index contributed by atoms with van der Waals surface area (Å²) in [5, 5.41) is 18.9. The van der Waals surface area contributed by atoms with E-state index in [0.29, 0.717) is 11.9 Å². The van der Waals surface area contributed by atoms with Gasteiger partial charge in [0.25, 0.3) is 0 Å². The highest BCUT2D eigenvalue weighted by atomic mass is 16.3. The standard InChI is InChI=1S/C15H12O2.C14H20O4/c1-2-13(11-6-4-3-5-7-11)14-10-12(16)8-9-15(14)17;1-2-3-4-5-6-7-10-8-12(16)14(18)13(17)11(10)9-15/h2-10,13H,1H2;4-7,9-12,14,16,18H,2-3,8H2,1H3. The van der Waals surface area contributed by atoms with Gasteiger partial charge in [-0.1, -0.05) is 74.1 Å². The van der Waals surface area contributed by atoms with Crippen LogP contribution in [0.3, 0.4) is 0 Å². The molecule has 0 aromatic heterocycles. The summed E-state index contributed by atoms with van der Waals surface area (Å²) in [7, 11) is 0. The van der Waals surface area contributed by atoms with Crippen LogP contribution in [0.15, 0.2) is 91.1 Å². The average Bonchev–Trinajstić information content (AvgIpc) is 2.86. The number of aldehydes is 1. The van der Waals surface area contributed by atoms with Crippen molar-refractivity contribution in [2.45, 2.75) is 44.3 Å². The van der Waals surface area contributed by atoms with Gasteiger partial charge in [0.1, 0.15) is 12.4 Å². The van der Waals surface area contributed by atoms with E-state index in [-0.39, 0.29) is 29.8 Å². The number of benzene rings is 1. The number of rotatable bonds is 8. The number of aliphatic hydroxyl groups excluding tert-OH is 2. The molecule has 3 rings (SSSR count). The Morgan fingerprint density at radius 2 is 1.80 bits per heavy atom. The molecule has 2 aliphatic rings. The zero-order valence-electron chi connectivity index (χ0n) is 19.8. The van der Waals surface area contributed by atoms with Gasteiger partial charge in [0, 0.05) is 11.5 Å². The van der Waals surface area contributed by atoms with Gasteiger partial charge in [0.05, 0.1) is 12.0 Å². The molecule has 0 saturated heterocycles. The highest BCUT2D eigenvalue weighted by molar-refractivity contribution is 6.18. The van der Waals surface area contributed by atoms with Gasteiger partial charge in [-0.05, 0) is 42.6 Å². The van der Waals surface area contributed by atoms with Crippen LogP contribution in [0.25, 0.3) is 0 Å². The quantitative estimate of drug-likeness (QED) is 0.195. The summed E-state index contributed by atoms with van der Waals surface area (Å²) in [5.41, 5.74) is 1.45. The number of Topliss-reactive ketones (excluding diaryl/α,β-unsaturated/α-hetero) is 1. The molecule has 0 aliphatic heterocycles. The van der Waals surface area contributed by atoms with Crippen LogP contribution < -0.4 is 0 Å². The third-order valence-electron chi connectivity index (χ3n) is 5.88. The van der Waals surface area contributed by atoms with Crippen molar-refractivity contribution in [1.82, 2.24) is 0 Å². The Balaban J connectivity index is 0.000000247. The van der Waals surface area contributed by atoms with Gasteiger partial charge in [-0.3, -0.25) is 14.4 Å². The first-order valence-electron chi connectivity index (χ1n) is 11.7. The van der Waals surface area contributed by atoms with E-state index in [2.05, 4.69) is 13.5 Å². The molecule has 1 fully saturated rings. The van der Waals surface area contributed by atoms with E-state index in [1.807, 2.05) is 42.5 Å². The Kier molecular flexibility index (Phi) is 11.1. The maximum absolute atomic E-state index is 11.8. The molecular weight excluding hydrogens is 444 g/mol. The predicted octanol–water partition coefficient (Wildman–Crippen LogP) is 3.62. The monoisotopic (exact) mass is 476 g/mol. The van der Waals surface area contributed by atoms with Crippen molar-refractivity contribution >= 4 is 23.6 Å². The van der Waals surface area contributed by atoms with Gasteiger partial charge in [-0.2, -0.15) is 0 Å². The number of unbranched alkanes of at least 4 members (excludes halogenated alkanes) is 1. The molecule has 0 spiro atoms. The van der Waals surface area contributed by atoms with Gasteiger partial charge in [0.2, 0.25) is 0 Å². The van der Waals surface area contributed by atoms with Crippen molar-refractivity contribution in [1.29, 1.82) is 0 Å². The van der Waals surface area contributed by atoms with Crippen molar-refractivity contribution in [2.75, 3.05) is 0 Å². The minimum absolute atomic E-state index is 0.127. The van der Waals surface area contributed by atoms with E-state index in [1.165, 1.54) is 18.2 Å². The molecule has 6 heteroatoms. The minimum Gasteiger partial charge on any atom is -0.390 e. The zero-order chi connectivity index (χ0) is 25.8. The fraction of sp³-hybridized carbons (Fsp3) is 0.310. The Labute approximate surface area is 206 Å². The maximum Gasteiger partial charge on any atom is 0.183 e. The van der Waals surface area contributed by atoms with Crippen molar-refractivity contribution < 1.29 is 29.4 Å². The second-order valence-electron chi connectivity index (χ2n) is 8.40. The van der Waals surface area contributed by atoms with Crippen molar-refractivity contribution in [2.24, 2.45) is 11.8 Å². The van der Waals surface area contributed by atoms with E-state index in [1.54, 1.807) is 18.2 Å². The number of carbonyl (C=O) groups excluding carboxylic acids is 4. The summed E-state index contributed by atoms with van der Waals surface area (Å²) in [4.78, 5) is 45.6.